The minimum atomic E-state index is -0.764. The van der Waals surface area contributed by atoms with E-state index >= 15 is 0 Å². The molecule has 1 N–H and O–H groups in total. The number of carbonyl (C=O) groups excluding carboxylic acids is 3. The molecule has 8 heteroatoms. The summed E-state index contributed by atoms with van der Waals surface area (Å²) in [6.45, 7) is 1.07. The van der Waals surface area contributed by atoms with E-state index < -0.39 is 23.5 Å². The van der Waals surface area contributed by atoms with Crippen molar-refractivity contribution in [3.05, 3.63) is 35.4 Å². The highest BCUT2D eigenvalue weighted by atomic mass is 19.1. The number of hydrogen-bond acceptors (Lipinski definition) is 3. The maximum absolute atomic E-state index is 14.0. The standard InChI is InChI=1S/C19H21F2N3O3/c20-11-2-4-15(21)13(8-11)19(27)24-12-3-5-16(24)14(9-12)18(26)23-7-1-6-22-17(25)10-23/h2,4,8,12,14,16H,1,3,5-7,9-10H2,(H,22,25)/t12-,14-,16-/m1/s1. The molecular formula is C19H21F2N3O3. The Morgan fingerprint density at radius 2 is 2.00 bits per heavy atom. The molecule has 0 radical (unpaired) electrons. The van der Waals surface area contributed by atoms with Gasteiger partial charge in [-0.2, -0.15) is 0 Å². The van der Waals surface area contributed by atoms with Crippen LogP contribution in [-0.2, 0) is 9.59 Å². The number of halogens is 2. The van der Waals surface area contributed by atoms with E-state index in [-0.39, 0.29) is 36.0 Å². The van der Waals surface area contributed by atoms with Crippen LogP contribution in [0.4, 0.5) is 8.78 Å². The minimum Gasteiger partial charge on any atom is -0.354 e. The van der Waals surface area contributed by atoms with Crippen LogP contribution < -0.4 is 5.32 Å². The molecule has 3 amide bonds. The summed E-state index contributed by atoms with van der Waals surface area (Å²) in [5.41, 5.74) is -0.297. The van der Waals surface area contributed by atoms with Crippen LogP contribution in [0.2, 0.25) is 0 Å². The van der Waals surface area contributed by atoms with E-state index in [4.69, 9.17) is 0 Å². The van der Waals surface area contributed by atoms with Gasteiger partial charge in [0, 0.05) is 25.2 Å². The van der Waals surface area contributed by atoms with Gasteiger partial charge in [0.2, 0.25) is 11.8 Å². The highest BCUT2D eigenvalue weighted by Gasteiger charge is 2.52. The van der Waals surface area contributed by atoms with Crippen LogP contribution in [0, 0.1) is 17.6 Å². The van der Waals surface area contributed by atoms with Crippen molar-refractivity contribution < 1.29 is 23.2 Å². The van der Waals surface area contributed by atoms with E-state index in [9.17, 15) is 23.2 Å². The fourth-order valence-electron chi connectivity index (χ4n) is 4.60. The topological polar surface area (TPSA) is 69.7 Å². The lowest BCUT2D eigenvalue weighted by Crippen LogP contribution is -2.45. The van der Waals surface area contributed by atoms with Gasteiger partial charge in [-0.1, -0.05) is 0 Å². The molecule has 3 aliphatic rings. The lowest BCUT2D eigenvalue weighted by Gasteiger charge is -2.28. The molecule has 3 atom stereocenters. The molecule has 0 aliphatic carbocycles. The molecule has 4 rings (SSSR count). The lowest BCUT2D eigenvalue weighted by atomic mass is 9.88. The van der Waals surface area contributed by atoms with E-state index in [0.717, 1.165) is 24.6 Å². The van der Waals surface area contributed by atoms with Gasteiger partial charge in [-0.05, 0) is 43.9 Å². The average molecular weight is 377 g/mol. The Morgan fingerprint density at radius 1 is 1.19 bits per heavy atom. The smallest absolute Gasteiger partial charge is 0.257 e. The Morgan fingerprint density at radius 3 is 2.81 bits per heavy atom. The first-order valence-electron chi connectivity index (χ1n) is 9.29. The normalized spacial score (nSPS) is 27.5. The number of carbonyl (C=O) groups is 3. The van der Waals surface area contributed by atoms with Gasteiger partial charge in [0.1, 0.15) is 11.6 Å². The second-order valence-electron chi connectivity index (χ2n) is 7.44. The second-order valence-corrected chi connectivity index (χ2v) is 7.44. The summed E-state index contributed by atoms with van der Waals surface area (Å²) in [6.07, 6.45) is 2.60. The van der Waals surface area contributed by atoms with Gasteiger partial charge < -0.3 is 15.1 Å². The number of nitrogens with one attached hydrogen (secondary N) is 1. The maximum Gasteiger partial charge on any atom is 0.257 e. The number of hydrogen-bond donors (Lipinski definition) is 1. The van der Waals surface area contributed by atoms with Crippen molar-refractivity contribution in [2.24, 2.45) is 5.92 Å². The summed E-state index contributed by atoms with van der Waals surface area (Å²) in [5, 5.41) is 2.74. The third-order valence-corrected chi connectivity index (χ3v) is 5.82. The molecule has 27 heavy (non-hydrogen) atoms. The number of nitrogens with zero attached hydrogens (tertiary/aromatic N) is 2. The molecule has 3 heterocycles. The number of rotatable bonds is 2. The average Bonchev–Trinajstić information content (AvgIpc) is 3.15. The first-order valence-corrected chi connectivity index (χ1v) is 9.29. The zero-order chi connectivity index (χ0) is 19.1. The molecule has 6 nitrogen and oxygen atoms in total. The Hall–Kier alpha value is -2.51. The molecule has 3 saturated heterocycles. The molecule has 1 aromatic carbocycles. The van der Waals surface area contributed by atoms with Crippen molar-refractivity contribution in [1.29, 1.82) is 0 Å². The first kappa shape index (κ1) is 17.9. The van der Waals surface area contributed by atoms with Crippen LogP contribution in [-0.4, -0.2) is 59.2 Å². The summed E-state index contributed by atoms with van der Waals surface area (Å²) < 4.78 is 27.5. The summed E-state index contributed by atoms with van der Waals surface area (Å²) in [4.78, 5) is 40.7. The molecule has 0 aromatic heterocycles. The largest absolute Gasteiger partial charge is 0.354 e. The zero-order valence-corrected chi connectivity index (χ0v) is 14.8. The fraction of sp³-hybridized carbons (Fsp3) is 0.526. The van der Waals surface area contributed by atoms with Crippen LogP contribution >= 0.6 is 0 Å². The van der Waals surface area contributed by atoms with Gasteiger partial charge >= 0.3 is 0 Å². The molecule has 144 valence electrons. The van der Waals surface area contributed by atoms with Crippen molar-refractivity contribution in [1.82, 2.24) is 15.1 Å². The van der Waals surface area contributed by atoms with Gasteiger partial charge in [-0.3, -0.25) is 14.4 Å². The minimum absolute atomic E-state index is 0.0270. The van der Waals surface area contributed by atoms with Gasteiger partial charge in [-0.25, -0.2) is 8.78 Å². The summed E-state index contributed by atoms with van der Waals surface area (Å²) in [5.74, 6) is -2.71. The van der Waals surface area contributed by atoms with Crippen LogP contribution in [0.3, 0.4) is 0 Å². The van der Waals surface area contributed by atoms with Crippen molar-refractivity contribution in [2.45, 2.75) is 37.8 Å². The van der Waals surface area contributed by atoms with E-state index in [1.165, 1.54) is 0 Å². The van der Waals surface area contributed by atoms with Gasteiger partial charge in [0.05, 0.1) is 18.0 Å². The monoisotopic (exact) mass is 377 g/mol. The van der Waals surface area contributed by atoms with Crippen LogP contribution in [0.15, 0.2) is 18.2 Å². The van der Waals surface area contributed by atoms with E-state index in [2.05, 4.69) is 5.32 Å². The molecule has 0 saturated carbocycles. The number of benzene rings is 1. The lowest BCUT2D eigenvalue weighted by molar-refractivity contribution is -0.139. The summed E-state index contributed by atoms with van der Waals surface area (Å²) in [6, 6.07) is 2.34. The molecule has 2 bridgehead atoms. The Balaban J connectivity index is 1.54. The van der Waals surface area contributed by atoms with Crippen molar-refractivity contribution in [2.75, 3.05) is 19.6 Å². The predicted octanol–water partition coefficient (Wildman–Crippen LogP) is 1.31. The Kier molecular flexibility index (Phi) is 4.57. The van der Waals surface area contributed by atoms with Gasteiger partial charge in [0.15, 0.2) is 0 Å². The quantitative estimate of drug-likeness (QED) is 0.845. The van der Waals surface area contributed by atoms with Gasteiger partial charge in [-0.15, -0.1) is 0 Å². The molecular weight excluding hydrogens is 356 g/mol. The molecule has 1 aromatic rings. The van der Waals surface area contributed by atoms with Crippen molar-refractivity contribution in [3.8, 4) is 0 Å². The van der Waals surface area contributed by atoms with E-state index in [1.54, 1.807) is 9.80 Å². The van der Waals surface area contributed by atoms with Crippen molar-refractivity contribution >= 4 is 17.7 Å². The molecule has 0 unspecified atom stereocenters. The highest BCUT2D eigenvalue weighted by Crippen LogP contribution is 2.43. The van der Waals surface area contributed by atoms with Gasteiger partial charge in [0.25, 0.3) is 5.91 Å². The van der Waals surface area contributed by atoms with Crippen LogP contribution in [0.5, 0.6) is 0 Å². The van der Waals surface area contributed by atoms with Crippen LogP contribution in [0.1, 0.15) is 36.0 Å². The molecule has 3 aliphatic heterocycles. The van der Waals surface area contributed by atoms with Crippen LogP contribution in [0.25, 0.3) is 0 Å². The molecule has 3 fully saturated rings. The number of fused-ring (bicyclic) bond motifs is 2. The predicted molar refractivity (Wildman–Crippen MR) is 91.7 cm³/mol. The van der Waals surface area contributed by atoms with Crippen molar-refractivity contribution in [3.63, 3.8) is 0 Å². The molecule has 0 spiro atoms. The Bertz CT molecular complexity index is 800. The zero-order valence-electron chi connectivity index (χ0n) is 14.8. The van der Waals surface area contributed by atoms with E-state index in [0.29, 0.717) is 32.4 Å². The van der Waals surface area contributed by atoms with E-state index in [1.807, 2.05) is 0 Å². The second kappa shape index (κ2) is 6.90. The SMILES string of the molecule is O=C1CN(C(=O)[C@@H]2C[C@H]3CC[C@H]2N3C(=O)c2cc(F)ccc2F)CCCN1. The fourth-order valence-corrected chi connectivity index (χ4v) is 4.60. The highest BCUT2D eigenvalue weighted by molar-refractivity contribution is 5.96. The third kappa shape index (κ3) is 3.17. The maximum atomic E-state index is 14.0. The summed E-state index contributed by atoms with van der Waals surface area (Å²) >= 11 is 0. The summed E-state index contributed by atoms with van der Waals surface area (Å²) in [7, 11) is 0. The number of amides is 3. The first-order chi connectivity index (χ1) is 13.0. The third-order valence-electron chi connectivity index (χ3n) is 5.82. The Labute approximate surface area is 155 Å².